The van der Waals surface area contributed by atoms with E-state index >= 15 is 0 Å². The molecule has 4 aromatic rings. The number of hydrogen-bond acceptors (Lipinski definition) is 8. The van der Waals surface area contributed by atoms with Crippen LogP contribution in [0.4, 0.5) is 29.3 Å². The fourth-order valence-corrected chi connectivity index (χ4v) is 5.46. The van der Waals surface area contributed by atoms with Crippen LogP contribution in [0.2, 0.25) is 0 Å². The van der Waals surface area contributed by atoms with Crippen LogP contribution in [-0.2, 0) is 9.63 Å². The Hall–Kier alpha value is -4.89. The molecular formula is C31H30F3N7O4S. The number of anilines is 2. The third-order valence-corrected chi connectivity index (χ3v) is 7.86. The number of carbonyl (C=O) groups excluding carboxylic acids is 2. The maximum absolute atomic E-state index is 12.8. The minimum atomic E-state index is -4.77. The molecule has 0 spiro atoms. The Morgan fingerprint density at radius 3 is 2.41 bits per heavy atom. The minimum Gasteiger partial charge on any atom is -0.406 e. The highest BCUT2D eigenvalue weighted by atomic mass is 32.2. The van der Waals surface area contributed by atoms with Gasteiger partial charge < -0.3 is 10.1 Å². The van der Waals surface area contributed by atoms with Gasteiger partial charge in [-0.25, -0.2) is 19.9 Å². The molecule has 1 aliphatic heterocycles. The molecule has 2 N–H and O–H groups in total. The number of hydroxylamine groups is 1. The SMILES string of the molecule is CNc1ccc(C(C)C)c(N2C(=O)CS/C2=N\C(=O)NOC(C)c2ccc(-c3ncn(-c4ccc(OC(F)(F)F)cc4)n3)cc2)c1. The molecule has 11 nitrogen and oxygen atoms in total. The maximum Gasteiger partial charge on any atom is 0.573 e. The highest BCUT2D eigenvalue weighted by molar-refractivity contribution is 8.15. The van der Waals surface area contributed by atoms with Crippen LogP contribution in [-0.4, -0.2) is 51.0 Å². The van der Waals surface area contributed by atoms with E-state index < -0.39 is 18.5 Å². The Bertz CT molecular complexity index is 1740. The highest BCUT2D eigenvalue weighted by Crippen LogP contribution is 2.35. The van der Waals surface area contributed by atoms with E-state index in [0.717, 1.165) is 16.8 Å². The smallest absolute Gasteiger partial charge is 0.406 e. The van der Waals surface area contributed by atoms with Crippen LogP contribution in [0, 0.1) is 0 Å². The first-order chi connectivity index (χ1) is 21.9. The Morgan fingerprint density at radius 2 is 1.76 bits per heavy atom. The van der Waals surface area contributed by atoms with Gasteiger partial charge in [-0.15, -0.1) is 18.3 Å². The van der Waals surface area contributed by atoms with Crippen molar-refractivity contribution >= 4 is 40.2 Å². The summed E-state index contributed by atoms with van der Waals surface area (Å²) in [5.41, 5.74) is 6.73. The summed E-state index contributed by atoms with van der Waals surface area (Å²) in [5, 5.41) is 7.74. The van der Waals surface area contributed by atoms with Crippen molar-refractivity contribution in [3.8, 4) is 22.8 Å². The van der Waals surface area contributed by atoms with Crippen molar-refractivity contribution in [3.05, 3.63) is 84.2 Å². The number of amides is 3. The fraction of sp³-hybridized carbons (Fsp3) is 0.258. The van der Waals surface area contributed by atoms with Crippen LogP contribution >= 0.6 is 11.8 Å². The number of hydrogen-bond donors (Lipinski definition) is 2. The molecule has 0 radical (unpaired) electrons. The Morgan fingerprint density at radius 1 is 1.04 bits per heavy atom. The lowest BCUT2D eigenvalue weighted by molar-refractivity contribution is -0.274. The Labute approximate surface area is 266 Å². The van der Waals surface area contributed by atoms with Gasteiger partial charge in [-0.2, -0.15) is 4.99 Å². The quantitative estimate of drug-likeness (QED) is 0.188. The van der Waals surface area contributed by atoms with E-state index in [4.69, 9.17) is 4.84 Å². The van der Waals surface area contributed by atoms with Gasteiger partial charge in [0.25, 0.3) is 0 Å². The summed E-state index contributed by atoms with van der Waals surface area (Å²) in [4.78, 5) is 41.0. The molecule has 0 aliphatic carbocycles. The van der Waals surface area contributed by atoms with E-state index in [1.54, 1.807) is 38.2 Å². The summed E-state index contributed by atoms with van der Waals surface area (Å²) in [6.07, 6.45) is -3.87. The molecule has 1 saturated heterocycles. The molecule has 1 aromatic heterocycles. The highest BCUT2D eigenvalue weighted by Gasteiger charge is 2.33. The van der Waals surface area contributed by atoms with Crippen molar-refractivity contribution in [1.29, 1.82) is 0 Å². The minimum absolute atomic E-state index is 0.138. The second-order valence-electron chi connectivity index (χ2n) is 10.4. The number of carbonyl (C=O) groups is 2. The number of benzene rings is 3. The molecular weight excluding hydrogens is 623 g/mol. The predicted octanol–water partition coefficient (Wildman–Crippen LogP) is 6.84. The molecule has 1 fully saturated rings. The molecule has 46 heavy (non-hydrogen) atoms. The monoisotopic (exact) mass is 653 g/mol. The zero-order chi connectivity index (χ0) is 33.0. The third kappa shape index (κ3) is 7.66. The summed E-state index contributed by atoms with van der Waals surface area (Å²) in [6, 6.07) is 17.4. The van der Waals surface area contributed by atoms with Crippen molar-refractivity contribution in [1.82, 2.24) is 20.2 Å². The van der Waals surface area contributed by atoms with Gasteiger partial charge in [-0.05, 0) is 60.4 Å². The van der Waals surface area contributed by atoms with Gasteiger partial charge in [0.2, 0.25) is 5.91 Å². The summed E-state index contributed by atoms with van der Waals surface area (Å²) >= 11 is 1.18. The van der Waals surface area contributed by atoms with Crippen LogP contribution in [0.25, 0.3) is 17.1 Å². The second-order valence-corrected chi connectivity index (χ2v) is 11.4. The number of aromatic nitrogens is 3. The zero-order valence-corrected chi connectivity index (χ0v) is 26.0. The van der Waals surface area contributed by atoms with Crippen molar-refractivity contribution in [3.63, 3.8) is 0 Å². The first-order valence-electron chi connectivity index (χ1n) is 14.1. The number of halogens is 3. The standard InChI is InChI=1S/C31H30F3N7O4S/c1-18(2)25-14-9-22(35-4)15-26(25)41-27(42)16-46-30(41)37-29(43)39-45-19(3)20-5-7-21(8-6-20)28-36-17-40(38-28)23-10-12-24(13-11-23)44-31(32,33)34/h5-15,17-19,35H,16H2,1-4H3,(H,39,43)/b37-30-. The topological polar surface area (TPSA) is 123 Å². The van der Waals surface area contributed by atoms with Crippen molar-refractivity contribution < 1.29 is 32.3 Å². The van der Waals surface area contributed by atoms with Gasteiger partial charge in [0.1, 0.15) is 18.2 Å². The molecule has 1 aliphatic rings. The molecule has 1 unspecified atom stereocenters. The second kappa shape index (κ2) is 13.6. The number of nitrogens with zero attached hydrogens (tertiary/aromatic N) is 5. The molecule has 3 amide bonds. The predicted molar refractivity (Wildman–Crippen MR) is 169 cm³/mol. The first kappa shape index (κ1) is 32.5. The molecule has 0 bridgehead atoms. The van der Waals surface area contributed by atoms with Gasteiger partial charge >= 0.3 is 12.4 Å². The lowest BCUT2D eigenvalue weighted by Gasteiger charge is -2.22. The third-order valence-electron chi connectivity index (χ3n) is 6.93. The number of alkyl halides is 3. The molecule has 5 rings (SSSR count). The molecule has 0 saturated carbocycles. The van der Waals surface area contributed by atoms with Gasteiger partial charge in [0.15, 0.2) is 11.0 Å². The molecule has 15 heteroatoms. The van der Waals surface area contributed by atoms with Crippen LogP contribution in [0.15, 0.2) is 78.0 Å². The van der Waals surface area contributed by atoms with E-state index in [-0.39, 0.29) is 28.5 Å². The van der Waals surface area contributed by atoms with Crippen LogP contribution in [0.5, 0.6) is 5.75 Å². The Balaban J connectivity index is 1.21. The number of nitrogens with one attached hydrogen (secondary N) is 2. The lowest BCUT2D eigenvalue weighted by Crippen LogP contribution is -2.32. The van der Waals surface area contributed by atoms with Crippen molar-refractivity contribution in [2.24, 2.45) is 4.99 Å². The number of rotatable bonds is 9. The summed E-state index contributed by atoms with van der Waals surface area (Å²) in [7, 11) is 1.79. The molecule has 3 aromatic carbocycles. The number of amidine groups is 1. The molecule has 240 valence electrons. The Kier molecular flexibility index (Phi) is 9.63. The number of aliphatic imine (C=N–C) groups is 1. The lowest BCUT2D eigenvalue weighted by atomic mass is 10.00. The van der Waals surface area contributed by atoms with E-state index in [1.807, 2.05) is 32.0 Å². The van der Waals surface area contributed by atoms with Gasteiger partial charge in [0, 0.05) is 18.3 Å². The zero-order valence-electron chi connectivity index (χ0n) is 25.2. The molecule has 2 heterocycles. The van der Waals surface area contributed by atoms with Gasteiger partial charge in [-0.1, -0.05) is 55.9 Å². The summed E-state index contributed by atoms with van der Waals surface area (Å²) < 4.78 is 42.6. The van der Waals surface area contributed by atoms with E-state index in [1.165, 1.54) is 51.9 Å². The van der Waals surface area contributed by atoms with Crippen LogP contribution in [0.1, 0.15) is 43.9 Å². The van der Waals surface area contributed by atoms with E-state index in [9.17, 15) is 22.8 Å². The first-order valence-corrected chi connectivity index (χ1v) is 15.1. The average Bonchev–Trinajstić information content (AvgIpc) is 3.66. The van der Waals surface area contributed by atoms with Gasteiger partial charge in [0.05, 0.1) is 17.1 Å². The van der Waals surface area contributed by atoms with E-state index in [0.29, 0.717) is 22.8 Å². The largest absolute Gasteiger partial charge is 0.573 e. The van der Waals surface area contributed by atoms with Gasteiger partial charge in [-0.3, -0.25) is 14.5 Å². The number of thioether (sulfide) groups is 1. The summed E-state index contributed by atoms with van der Waals surface area (Å²) in [6.45, 7) is 5.81. The normalized spacial score (nSPS) is 15.0. The van der Waals surface area contributed by atoms with E-state index in [2.05, 4.69) is 30.6 Å². The van der Waals surface area contributed by atoms with Crippen molar-refractivity contribution in [2.75, 3.05) is 23.0 Å². The number of urea groups is 1. The van der Waals surface area contributed by atoms with Crippen molar-refractivity contribution in [2.45, 2.75) is 39.2 Å². The fourth-order valence-electron chi connectivity index (χ4n) is 4.60. The van der Waals surface area contributed by atoms with Crippen LogP contribution in [0.3, 0.4) is 0 Å². The molecule has 1 atom stereocenters. The number of ether oxygens (including phenoxy) is 1. The maximum atomic E-state index is 12.8. The van der Waals surface area contributed by atoms with Crippen LogP contribution < -0.4 is 20.4 Å². The average molecular weight is 654 g/mol. The summed E-state index contributed by atoms with van der Waals surface area (Å²) in [5.74, 6) is 0.187.